The number of nitrogens with one attached hydrogen (secondary N) is 1. The van der Waals surface area contributed by atoms with Gasteiger partial charge in [0.1, 0.15) is 5.54 Å². The van der Waals surface area contributed by atoms with E-state index in [1.807, 2.05) is 4.90 Å². The molecule has 3 aliphatic rings. The highest BCUT2D eigenvalue weighted by Gasteiger charge is 2.52. The number of nitrogens with zero attached hydrogens (tertiary/aromatic N) is 4. The van der Waals surface area contributed by atoms with E-state index in [0.29, 0.717) is 18.7 Å². The topological polar surface area (TPSA) is 71.8 Å². The lowest BCUT2D eigenvalue weighted by Crippen LogP contribution is -2.54. The van der Waals surface area contributed by atoms with Crippen molar-refractivity contribution in [1.29, 1.82) is 5.26 Å². The Balaban J connectivity index is 1.39. The molecule has 2 atom stereocenters. The molecule has 1 aromatic carbocycles. The van der Waals surface area contributed by atoms with Crippen molar-refractivity contribution in [2.75, 3.05) is 31.1 Å². The third-order valence-electron chi connectivity index (χ3n) is 7.82. The smallest absolute Gasteiger partial charge is 0.377 e. The van der Waals surface area contributed by atoms with Gasteiger partial charge in [0.25, 0.3) is 5.91 Å². The average molecular weight is 552 g/mol. The molecule has 0 unspecified atom stereocenters. The molecular weight excluding hydrogens is 515 g/mol. The normalized spacial score (nSPS) is 28.6. The van der Waals surface area contributed by atoms with Crippen molar-refractivity contribution in [3.05, 3.63) is 29.3 Å². The zero-order chi connectivity index (χ0) is 27.8. The minimum Gasteiger partial charge on any atom is -0.377 e. The van der Waals surface area contributed by atoms with E-state index < -0.39 is 22.8 Å². The molecule has 1 N–H and O–H groups in total. The molecule has 11 heteroatoms. The standard InChI is InChI=1S/C27H36F3N5O2S/c1-17-15-33(16-18(2)32-17)11-12-37-22-9-7-20(8-10-22)35-25(38)34(24(36)26(35,3)4)21-6-5-19(14-31)23(13-21)27(28,29)30/h5-6,13,17-18,20,22,32H,7-12,15-16H2,1-4H3/t17-,18+,20?,22?. The second-order valence-corrected chi connectivity index (χ2v) is 11.6. The monoisotopic (exact) mass is 551 g/mol. The van der Waals surface area contributed by atoms with Gasteiger partial charge in [-0.05, 0) is 83.8 Å². The molecule has 0 radical (unpaired) electrons. The fraction of sp³-hybridized carbons (Fsp3) is 0.667. The number of carbonyl (C=O) groups excluding carboxylic acids is 1. The largest absolute Gasteiger partial charge is 0.417 e. The summed E-state index contributed by atoms with van der Waals surface area (Å²) in [5.41, 5.74) is -2.55. The Bertz CT molecular complexity index is 1090. The van der Waals surface area contributed by atoms with E-state index in [4.69, 9.17) is 22.2 Å². The summed E-state index contributed by atoms with van der Waals surface area (Å²) in [6.45, 7) is 11.5. The number of thiocarbonyl (C=S) groups is 1. The highest BCUT2D eigenvalue weighted by Crippen LogP contribution is 2.40. The van der Waals surface area contributed by atoms with Crippen LogP contribution in [-0.2, 0) is 15.7 Å². The predicted molar refractivity (Wildman–Crippen MR) is 143 cm³/mol. The van der Waals surface area contributed by atoms with E-state index >= 15 is 0 Å². The van der Waals surface area contributed by atoms with Crippen molar-refractivity contribution in [3.63, 3.8) is 0 Å². The van der Waals surface area contributed by atoms with Gasteiger partial charge in [-0.15, -0.1) is 0 Å². The van der Waals surface area contributed by atoms with E-state index in [9.17, 15) is 18.0 Å². The first-order chi connectivity index (χ1) is 17.8. The number of ether oxygens (including phenoxy) is 1. The van der Waals surface area contributed by atoms with Crippen molar-refractivity contribution in [2.45, 2.75) is 89.3 Å². The molecule has 4 rings (SSSR count). The summed E-state index contributed by atoms with van der Waals surface area (Å²) in [6.07, 6.45) is -1.37. The second kappa shape index (κ2) is 11.1. The molecule has 2 saturated heterocycles. The number of rotatable bonds is 6. The molecule has 1 amide bonds. The minimum absolute atomic E-state index is 0.0124. The Kier molecular flexibility index (Phi) is 8.38. The van der Waals surface area contributed by atoms with Crippen LogP contribution in [0.3, 0.4) is 0 Å². The van der Waals surface area contributed by atoms with Crippen LogP contribution in [0.4, 0.5) is 18.9 Å². The van der Waals surface area contributed by atoms with Crippen LogP contribution >= 0.6 is 12.2 Å². The predicted octanol–water partition coefficient (Wildman–Crippen LogP) is 4.30. The van der Waals surface area contributed by atoms with Crippen LogP contribution < -0.4 is 10.2 Å². The fourth-order valence-corrected chi connectivity index (χ4v) is 6.66. The molecule has 3 fully saturated rings. The number of benzene rings is 1. The molecule has 0 spiro atoms. The molecule has 7 nitrogen and oxygen atoms in total. The molecule has 1 aromatic rings. The highest BCUT2D eigenvalue weighted by molar-refractivity contribution is 7.80. The first-order valence-electron chi connectivity index (χ1n) is 13.2. The lowest BCUT2D eigenvalue weighted by Gasteiger charge is -2.41. The molecule has 2 aliphatic heterocycles. The summed E-state index contributed by atoms with van der Waals surface area (Å²) in [4.78, 5) is 18.9. The van der Waals surface area contributed by atoms with Crippen LogP contribution in [0.25, 0.3) is 0 Å². The highest BCUT2D eigenvalue weighted by atomic mass is 32.1. The van der Waals surface area contributed by atoms with Gasteiger partial charge in [-0.3, -0.25) is 14.6 Å². The molecule has 1 aliphatic carbocycles. The lowest BCUT2D eigenvalue weighted by atomic mass is 9.89. The van der Waals surface area contributed by atoms with Crippen molar-refractivity contribution in [3.8, 4) is 6.07 Å². The number of amides is 1. The average Bonchev–Trinajstić information content (AvgIpc) is 3.01. The van der Waals surface area contributed by atoms with Crippen molar-refractivity contribution < 1.29 is 22.7 Å². The number of nitriles is 1. The van der Waals surface area contributed by atoms with Crippen LogP contribution in [-0.4, -0.2) is 76.8 Å². The Labute approximate surface area is 227 Å². The van der Waals surface area contributed by atoms with Gasteiger partial charge in [-0.2, -0.15) is 18.4 Å². The van der Waals surface area contributed by atoms with E-state index in [0.717, 1.165) is 57.5 Å². The van der Waals surface area contributed by atoms with Crippen LogP contribution in [0.15, 0.2) is 18.2 Å². The Morgan fingerprint density at radius 2 is 1.79 bits per heavy atom. The summed E-state index contributed by atoms with van der Waals surface area (Å²) < 4.78 is 46.9. The fourth-order valence-electron chi connectivity index (χ4n) is 6.10. The number of halogens is 3. The maximum absolute atomic E-state index is 13.6. The maximum atomic E-state index is 13.6. The first-order valence-corrected chi connectivity index (χ1v) is 13.6. The third-order valence-corrected chi connectivity index (χ3v) is 8.20. The number of anilines is 1. The number of carbonyl (C=O) groups is 1. The Hall–Kier alpha value is -2.26. The van der Waals surface area contributed by atoms with Crippen LogP contribution in [0.5, 0.6) is 0 Å². The molecule has 0 bridgehead atoms. The van der Waals surface area contributed by atoms with E-state index in [2.05, 4.69) is 24.1 Å². The lowest BCUT2D eigenvalue weighted by molar-refractivity contribution is -0.137. The zero-order valence-corrected chi connectivity index (χ0v) is 23.2. The maximum Gasteiger partial charge on any atom is 0.417 e. The number of piperazine rings is 1. The van der Waals surface area contributed by atoms with Gasteiger partial charge >= 0.3 is 6.18 Å². The molecular formula is C27H36F3N5O2S. The van der Waals surface area contributed by atoms with Crippen molar-refractivity contribution >= 4 is 28.9 Å². The first kappa shape index (κ1) is 28.7. The molecule has 38 heavy (non-hydrogen) atoms. The Morgan fingerprint density at radius 3 is 2.37 bits per heavy atom. The van der Waals surface area contributed by atoms with Gasteiger partial charge in [0.15, 0.2) is 5.11 Å². The number of alkyl halides is 3. The quantitative estimate of drug-likeness (QED) is 0.529. The third kappa shape index (κ3) is 5.83. The SMILES string of the molecule is C[C@@H]1CN(CCOC2CCC(N3C(=S)N(c4ccc(C#N)c(C(F)(F)F)c4)C(=O)C3(C)C)CC2)C[C@H](C)N1. The molecule has 0 aromatic heterocycles. The summed E-state index contributed by atoms with van der Waals surface area (Å²) in [6, 6.07) is 5.78. The van der Waals surface area contributed by atoms with Crippen molar-refractivity contribution in [2.24, 2.45) is 0 Å². The van der Waals surface area contributed by atoms with E-state index in [-0.39, 0.29) is 28.9 Å². The molecule has 2 heterocycles. The molecule has 208 valence electrons. The van der Waals surface area contributed by atoms with Gasteiger partial charge < -0.3 is 15.0 Å². The summed E-state index contributed by atoms with van der Waals surface area (Å²) in [5, 5.41) is 12.9. The second-order valence-electron chi connectivity index (χ2n) is 11.2. The van der Waals surface area contributed by atoms with Crippen LogP contribution in [0.2, 0.25) is 0 Å². The summed E-state index contributed by atoms with van der Waals surface area (Å²) >= 11 is 5.68. The van der Waals surface area contributed by atoms with Gasteiger partial charge in [0, 0.05) is 37.8 Å². The van der Waals surface area contributed by atoms with Crippen LogP contribution in [0, 0.1) is 11.3 Å². The minimum atomic E-state index is -4.72. The van der Waals surface area contributed by atoms with E-state index in [1.165, 1.54) is 11.0 Å². The zero-order valence-electron chi connectivity index (χ0n) is 22.3. The molecule has 1 saturated carbocycles. The number of hydrogen-bond acceptors (Lipinski definition) is 6. The van der Waals surface area contributed by atoms with Crippen molar-refractivity contribution in [1.82, 2.24) is 15.1 Å². The van der Waals surface area contributed by atoms with E-state index in [1.54, 1.807) is 19.9 Å². The van der Waals surface area contributed by atoms with Gasteiger partial charge in [0.2, 0.25) is 0 Å². The Morgan fingerprint density at radius 1 is 1.16 bits per heavy atom. The van der Waals surface area contributed by atoms with Gasteiger partial charge in [-0.1, -0.05) is 0 Å². The summed E-state index contributed by atoms with van der Waals surface area (Å²) in [7, 11) is 0. The van der Waals surface area contributed by atoms with Crippen LogP contribution in [0.1, 0.15) is 64.5 Å². The summed E-state index contributed by atoms with van der Waals surface area (Å²) in [5.74, 6) is -0.377. The van der Waals surface area contributed by atoms with Gasteiger partial charge in [-0.25, -0.2) is 0 Å². The van der Waals surface area contributed by atoms with Gasteiger partial charge in [0.05, 0.1) is 35.6 Å². The number of hydrogen-bond donors (Lipinski definition) is 1.